The summed E-state index contributed by atoms with van der Waals surface area (Å²) in [5.74, 6) is 0. The van der Waals surface area contributed by atoms with Gasteiger partial charge in [-0.2, -0.15) is 0 Å². The Morgan fingerprint density at radius 3 is 2.92 bits per heavy atom. The quantitative estimate of drug-likeness (QED) is 0.548. The van der Waals surface area contributed by atoms with Gasteiger partial charge in [-0.25, -0.2) is 0 Å². The van der Waals surface area contributed by atoms with Crippen molar-refractivity contribution in [1.82, 2.24) is 4.90 Å². The zero-order chi connectivity index (χ0) is 8.72. The molecular weight excluding hydrogens is 150 g/mol. The molecule has 0 spiro atoms. The first-order valence-corrected chi connectivity index (χ1v) is 4.75. The van der Waals surface area contributed by atoms with Crippen LogP contribution in [-0.2, 0) is 4.74 Å². The molecule has 3 aliphatic heterocycles. The Bertz CT molecular complexity index is 184. The second-order valence-corrected chi connectivity index (χ2v) is 4.01. The maximum absolute atomic E-state index is 5.50. The van der Waals surface area contributed by atoms with Gasteiger partial charge in [-0.05, 0) is 25.8 Å². The van der Waals surface area contributed by atoms with Crippen LogP contribution in [0.25, 0.3) is 0 Å². The summed E-state index contributed by atoms with van der Waals surface area (Å²) in [6.45, 7) is 10.4. The van der Waals surface area contributed by atoms with Gasteiger partial charge in [0.2, 0.25) is 0 Å². The Hall–Kier alpha value is -0.340. The van der Waals surface area contributed by atoms with E-state index in [1.165, 1.54) is 5.57 Å². The fraction of sp³-hybridized carbons (Fsp3) is 0.800. The van der Waals surface area contributed by atoms with Crippen molar-refractivity contribution in [3.05, 3.63) is 12.2 Å². The fourth-order valence-electron chi connectivity index (χ4n) is 2.38. The molecule has 2 heteroatoms. The zero-order valence-electron chi connectivity index (χ0n) is 7.92. The minimum Gasteiger partial charge on any atom is -0.379 e. The highest BCUT2D eigenvalue weighted by Gasteiger charge is 2.44. The molecular formula is C10H17NO. The topological polar surface area (TPSA) is 12.5 Å². The van der Waals surface area contributed by atoms with Gasteiger partial charge in [0.05, 0.1) is 12.6 Å². The Labute approximate surface area is 74.2 Å². The molecule has 0 amide bonds. The fourth-order valence-corrected chi connectivity index (χ4v) is 2.38. The van der Waals surface area contributed by atoms with Gasteiger partial charge in [0.1, 0.15) is 0 Å². The first-order valence-electron chi connectivity index (χ1n) is 4.75. The van der Waals surface area contributed by atoms with Crippen molar-refractivity contribution in [2.45, 2.75) is 38.4 Å². The van der Waals surface area contributed by atoms with Crippen LogP contribution in [0.1, 0.15) is 20.3 Å². The van der Waals surface area contributed by atoms with Crippen LogP contribution in [0.15, 0.2) is 12.2 Å². The SMILES string of the molecule is C=C1[C@H]2COCC[C@@H]1N2C(C)C. The van der Waals surface area contributed by atoms with E-state index in [9.17, 15) is 0 Å². The summed E-state index contributed by atoms with van der Waals surface area (Å²) in [6.07, 6.45) is 1.13. The third-order valence-electron chi connectivity index (χ3n) is 2.98. The molecule has 0 aromatic rings. The molecule has 2 nitrogen and oxygen atoms in total. The largest absolute Gasteiger partial charge is 0.379 e. The predicted molar refractivity (Wildman–Crippen MR) is 49.1 cm³/mol. The predicted octanol–water partition coefficient (Wildman–Crippen LogP) is 1.42. The lowest BCUT2D eigenvalue weighted by molar-refractivity contribution is 0.0403. The highest BCUT2D eigenvalue weighted by atomic mass is 16.5. The number of hydrogen-bond acceptors (Lipinski definition) is 2. The lowest BCUT2D eigenvalue weighted by Crippen LogP contribution is -2.60. The number of hydrogen-bond donors (Lipinski definition) is 0. The van der Waals surface area contributed by atoms with Gasteiger partial charge in [0, 0.05) is 18.7 Å². The van der Waals surface area contributed by atoms with E-state index in [4.69, 9.17) is 4.74 Å². The Morgan fingerprint density at radius 1 is 1.50 bits per heavy atom. The van der Waals surface area contributed by atoms with Crippen LogP contribution in [0.5, 0.6) is 0 Å². The standard InChI is InChI=1S/C10H17NO/c1-7(2)11-9-4-5-12-6-10(11)8(9)3/h7,9-10H,3-6H2,1-2H3/t9-,10+/m0/s1. The third-order valence-corrected chi connectivity index (χ3v) is 2.98. The molecule has 3 aliphatic rings. The van der Waals surface area contributed by atoms with Gasteiger partial charge in [-0.3, -0.25) is 4.90 Å². The summed E-state index contributed by atoms with van der Waals surface area (Å²) in [4.78, 5) is 2.52. The molecule has 3 fully saturated rings. The molecule has 0 aromatic carbocycles. The lowest BCUT2D eigenvalue weighted by Gasteiger charge is -2.51. The Morgan fingerprint density at radius 2 is 2.25 bits per heavy atom. The average Bonchev–Trinajstić information content (AvgIpc) is 2.32. The van der Waals surface area contributed by atoms with E-state index in [0.717, 1.165) is 19.6 Å². The number of rotatable bonds is 1. The monoisotopic (exact) mass is 167 g/mol. The van der Waals surface area contributed by atoms with Crippen molar-refractivity contribution in [2.75, 3.05) is 13.2 Å². The van der Waals surface area contributed by atoms with Crippen molar-refractivity contribution in [3.63, 3.8) is 0 Å². The molecule has 2 atom stereocenters. The van der Waals surface area contributed by atoms with Crippen LogP contribution < -0.4 is 0 Å². The van der Waals surface area contributed by atoms with E-state index < -0.39 is 0 Å². The van der Waals surface area contributed by atoms with Crippen LogP contribution in [0.3, 0.4) is 0 Å². The van der Waals surface area contributed by atoms with Crippen molar-refractivity contribution < 1.29 is 4.74 Å². The molecule has 0 aromatic heterocycles. The molecule has 0 saturated carbocycles. The van der Waals surface area contributed by atoms with E-state index in [2.05, 4.69) is 25.3 Å². The Kier molecular flexibility index (Phi) is 1.97. The van der Waals surface area contributed by atoms with Crippen molar-refractivity contribution in [1.29, 1.82) is 0 Å². The van der Waals surface area contributed by atoms with Crippen LogP contribution >= 0.6 is 0 Å². The van der Waals surface area contributed by atoms with Gasteiger partial charge in [-0.15, -0.1) is 0 Å². The maximum Gasteiger partial charge on any atom is 0.0661 e. The molecule has 3 heterocycles. The average molecular weight is 167 g/mol. The van der Waals surface area contributed by atoms with E-state index in [-0.39, 0.29) is 0 Å². The van der Waals surface area contributed by atoms with Gasteiger partial charge in [0.15, 0.2) is 0 Å². The van der Waals surface area contributed by atoms with Crippen LogP contribution in [0, 0.1) is 0 Å². The highest BCUT2D eigenvalue weighted by molar-refractivity contribution is 5.26. The minimum absolute atomic E-state index is 0.512. The first-order chi connectivity index (χ1) is 5.72. The molecule has 0 unspecified atom stereocenters. The number of ether oxygens (including phenoxy) is 1. The summed E-state index contributed by atoms with van der Waals surface area (Å²) < 4.78 is 5.50. The normalized spacial score (nSPS) is 36.4. The molecule has 2 bridgehead atoms. The third kappa shape index (κ3) is 1.02. The molecule has 0 radical (unpaired) electrons. The summed E-state index contributed by atoms with van der Waals surface area (Å²) >= 11 is 0. The Balaban J connectivity index is 2.13. The van der Waals surface area contributed by atoms with E-state index >= 15 is 0 Å². The van der Waals surface area contributed by atoms with Gasteiger partial charge < -0.3 is 4.74 Å². The summed E-state index contributed by atoms with van der Waals surface area (Å²) in [7, 11) is 0. The summed E-state index contributed by atoms with van der Waals surface area (Å²) in [5.41, 5.74) is 1.39. The van der Waals surface area contributed by atoms with E-state index in [1.807, 2.05) is 0 Å². The second kappa shape index (κ2) is 2.86. The molecule has 3 saturated heterocycles. The number of fused-ring (bicyclic) bond motifs is 3. The minimum atomic E-state index is 0.512. The van der Waals surface area contributed by atoms with Crippen molar-refractivity contribution in [3.8, 4) is 0 Å². The van der Waals surface area contributed by atoms with Gasteiger partial charge in [0.25, 0.3) is 0 Å². The molecule has 0 aliphatic carbocycles. The van der Waals surface area contributed by atoms with E-state index in [1.54, 1.807) is 0 Å². The smallest absolute Gasteiger partial charge is 0.0661 e. The lowest BCUT2D eigenvalue weighted by atomic mass is 9.85. The molecule has 3 rings (SSSR count). The first kappa shape index (κ1) is 8.27. The second-order valence-electron chi connectivity index (χ2n) is 4.01. The van der Waals surface area contributed by atoms with Crippen LogP contribution in [-0.4, -0.2) is 36.2 Å². The van der Waals surface area contributed by atoms with Crippen molar-refractivity contribution in [2.24, 2.45) is 0 Å². The summed E-state index contributed by atoms with van der Waals surface area (Å²) in [5, 5.41) is 0. The number of nitrogens with zero attached hydrogens (tertiary/aromatic N) is 1. The van der Waals surface area contributed by atoms with E-state index in [0.29, 0.717) is 18.1 Å². The zero-order valence-corrected chi connectivity index (χ0v) is 7.92. The summed E-state index contributed by atoms with van der Waals surface area (Å²) in [6, 6.07) is 1.75. The molecule has 0 N–H and O–H groups in total. The maximum atomic E-state index is 5.50. The molecule has 68 valence electrons. The molecule has 12 heavy (non-hydrogen) atoms. The van der Waals surface area contributed by atoms with Gasteiger partial charge in [-0.1, -0.05) is 6.58 Å². The van der Waals surface area contributed by atoms with Crippen LogP contribution in [0.2, 0.25) is 0 Å². The van der Waals surface area contributed by atoms with Crippen LogP contribution in [0.4, 0.5) is 0 Å². The van der Waals surface area contributed by atoms with Gasteiger partial charge >= 0.3 is 0 Å². The highest BCUT2D eigenvalue weighted by Crippen LogP contribution is 2.36. The van der Waals surface area contributed by atoms with Crippen molar-refractivity contribution >= 4 is 0 Å².